The van der Waals surface area contributed by atoms with Crippen LogP contribution >= 0.6 is 22.9 Å². The van der Waals surface area contributed by atoms with Gasteiger partial charge in [0.15, 0.2) is 0 Å². The van der Waals surface area contributed by atoms with Crippen LogP contribution in [0.15, 0.2) is 47.4 Å². The molecule has 2 aromatic carbocycles. The minimum Gasteiger partial charge on any atom is -0.465 e. The highest BCUT2D eigenvalue weighted by Crippen LogP contribution is 2.38. The Morgan fingerprint density at radius 3 is 2.42 bits per heavy atom. The molecule has 190 valence electrons. The van der Waals surface area contributed by atoms with Gasteiger partial charge in [0.1, 0.15) is 11.5 Å². The Balaban J connectivity index is 1.70. The van der Waals surface area contributed by atoms with Crippen molar-refractivity contribution in [2.45, 2.75) is 44.4 Å². The molecule has 1 heterocycles. The molecule has 1 aromatic heterocycles. The quantitative estimate of drug-likeness (QED) is 0.394. The number of sulfonamides is 1. The van der Waals surface area contributed by atoms with Crippen LogP contribution in [0.5, 0.6) is 0 Å². The van der Waals surface area contributed by atoms with Crippen molar-refractivity contribution in [3.05, 3.63) is 74.6 Å². The second kappa shape index (κ2) is 10.6. The van der Waals surface area contributed by atoms with Gasteiger partial charge in [-0.1, -0.05) is 17.7 Å². The van der Waals surface area contributed by atoms with Crippen LogP contribution in [0.4, 0.5) is 10.7 Å². The number of thiophene rings is 1. The highest BCUT2D eigenvalue weighted by molar-refractivity contribution is 7.92. The molecular formula is C26H27ClN2O5S2. The number of fused-ring (bicyclic) bond motifs is 1. The Kier molecular flexibility index (Phi) is 7.73. The molecule has 36 heavy (non-hydrogen) atoms. The SMILES string of the molecule is COC(=O)c1c(NC(=O)CN(c2ccc(C)c(C)c2)S(=O)(=O)c2ccc(Cl)cc2)sc2c1CCCC2. The molecule has 0 aliphatic heterocycles. The lowest BCUT2D eigenvalue weighted by atomic mass is 9.95. The number of methoxy groups -OCH3 is 1. The highest BCUT2D eigenvalue weighted by atomic mass is 35.5. The molecule has 0 saturated carbocycles. The predicted molar refractivity (Wildman–Crippen MR) is 143 cm³/mol. The van der Waals surface area contributed by atoms with E-state index in [0.717, 1.165) is 51.6 Å². The summed E-state index contributed by atoms with van der Waals surface area (Å²) < 4.78 is 33.3. The molecule has 0 unspecified atom stereocenters. The number of rotatable bonds is 7. The van der Waals surface area contributed by atoms with Gasteiger partial charge in [-0.3, -0.25) is 9.10 Å². The van der Waals surface area contributed by atoms with Gasteiger partial charge in [0, 0.05) is 9.90 Å². The third-order valence-corrected chi connectivity index (χ3v) is 9.53. The monoisotopic (exact) mass is 546 g/mol. The number of ether oxygens (including phenoxy) is 1. The summed E-state index contributed by atoms with van der Waals surface area (Å²) in [6.07, 6.45) is 3.55. The Morgan fingerprint density at radius 1 is 1.06 bits per heavy atom. The van der Waals surface area contributed by atoms with Gasteiger partial charge in [-0.05, 0) is 92.6 Å². The summed E-state index contributed by atoms with van der Waals surface area (Å²) in [4.78, 5) is 26.9. The van der Waals surface area contributed by atoms with Crippen molar-refractivity contribution in [3.63, 3.8) is 0 Å². The summed E-state index contributed by atoms with van der Waals surface area (Å²) in [6, 6.07) is 11.0. The Labute approximate surface area is 220 Å². The van der Waals surface area contributed by atoms with Crippen LogP contribution < -0.4 is 9.62 Å². The van der Waals surface area contributed by atoms with Crippen molar-refractivity contribution in [1.82, 2.24) is 0 Å². The normalized spacial score (nSPS) is 13.1. The molecule has 0 saturated heterocycles. The van der Waals surface area contributed by atoms with Crippen molar-refractivity contribution in [2.75, 3.05) is 23.3 Å². The molecular weight excluding hydrogens is 520 g/mol. The molecule has 4 rings (SSSR count). The summed E-state index contributed by atoms with van der Waals surface area (Å²) >= 11 is 7.31. The third kappa shape index (κ3) is 5.28. The molecule has 7 nitrogen and oxygen atoms in total. The number of carbonyl (C=O) groups is 2. The zero-order valence-electron chi connectivity index (χ0n) is 20.3. The number of esters is 1. The van der Waals surface area contributed by atoms with Crippen molar-refractivity contribution >= 4 is 55.5 Å². The molecule has 0 bridgehead atoms. The lowest BCUT2D eigenvalue weighted by molar-refractivity contribution is -0.114. The number of nitrogens with one attached hydrogen (secondary N) is 1. The number of halogens is 1. The number of hydrogen-bond donors (Lipinski definition) is 1. The third-order valence-electron chi connectivity index (χ3n) is 6.28. The summed E-state index contributed by atoms with van der Waals surface area (Å²) in [7, 11) is -2.79. The maximum absolute atomic E-state index is 13.6. The Bertz CT molecular complexity index is 1410. The maximum atomic E-state index is 13.6. The molecule has 0 atom stereocenters. The van der Waals surface area contributed by atoms with E-state index in [9.17, 15) is 18.0 Å². The summed E-state index contributed by atoms with van der Waals surface area (Å²) in [5.41, 5.74) is 3.53. The van der Waals surface area contributed by atoms with Crippen LogP contribution in [0.25, 0.3) is 0 Å². The van der Waals surface area contributed by atoms with Crippen molar-refractivity contribution < 1.29 is 22.7 Å². The van der Waals surface area contributed by atoms with Gasteiger partial charge in [-0.15, -0.1) is 11.3 Å². The average Bonchev–Trinajstić information content (AvgIpc) is 3.21. The predicted octanol–water partition coefficient (Wildman–Crippen LogP) is 5.52. The van der Waals surface area contributed by atoms with Gasteiger partial charge >= 0.3 is 5.97 Å². The molecule has 10 heteroatoms. The molecule has 1 aliphatic carbocycles. The van der Waals surface area contributed by atoms with E-state index in [-0.39, 0.29) is 4.90 Å². The fourth-order valence-corrected chi connectivity index (χ4v) is 7.03. The van der Waals surface area contributed by atoms with Crippen molar-refractivity contribution in [1.29, 1.82) is 0 Å². The van der Waals surface area contributed by atoms with E-state index >= 15 is 0 Å². The summed E-state index contributed by atoms with van der Waals surface area (Å²) in [6.45, 7) is 3.33. The first-order chi connectivity index (χ1) is 17.1. The Hall–Kier alpha value is -2.88. The van der Waals surface area contributed by atoms with Crippen LogP contribution in [-0.4, -0.2) is 33.9 Å². The number of anilines is 2. The molecule has 0 spiro atoms. The van der Waals surface area contributed by atoms with Crippen LogP contribution in [0.1, 0.15) is 44.8 Å². The first-order valence-electron chi connectivity index (χ1n) is 11.5. The van der Waals surface area contributed by atoms with Crippen LogP contribution in [0.3, 0.4) is 0 Å². The second-order valence-electron chi connectivity index (χ2n) is 8.69. The number of aryl methyl sites for hydroxylation is 3. The first-order valence-corrected chi connectivity index (χ1v) is 14.1. The number of amides is 1. The first kappa shape index (κ1) is 26.2. The van der Waals surface area contributed by atoms with Crippen LogP contribution in [0, 0.1) is 13.8 Å². The van der Waals surface area contributed by atoms with E-state index in [1.54, 1.807) is 12.1 Å². The zero-order chi connectivity index (χ0) is 26.0. The lowest BCUT2D eigenvalue weighted by Gasteiger charge is -2.25. The van der Waals surface area contributed by atoms with Gasteiger partial charge in [0.05, 0.1) is 23.3 Å². The number of hydrogen-bond acceptors (Lipinski definition) is 6. The van der Waals surface area contributed by atoms with Gasteiger partial charge < -0.3 is 10.1 Å². The number of benzene rings is 2. The minimum absolute atomic E-state index is 0.0137. The van der Waals surface area contributed by atoms with E-state index in [1.807, 2.05) is 19.9 Å². The Morgan fingerprint density at radius 2 is 1.75 bits per heavy atom. The van der Waals surface area contributed by atoms with Gasteiger partial charge in [-0.2, -0.15) is 0 Å². The minimum atomic E-state index is -4.10. The lowest BCUT2D eigenvalue weighted by Crippen LogP contribution is -2.38. The molecule has 0 radical (unpaired) electrons. The number of nitrogens with zero attached hydrogens (tertiary/aromatic N) is 1. The van der Waals surface area contributed by atoms with E-state index < -0.39 is 28.4 Å². The van der Waals surface area contributed by atoms with E-state index in [2.05, 4.69) is 5.32 Å². The molecule has 1 aliphatic rings. The standard InChI is InChI=1S/C26H27ClN2O5S2/c1-16-8-11-19(14-17(16)2)29(36(32,33)20-12-9-18(27)10-13-20)15-23(30)28-25-24(26(31)34-3)21-6-4-5-7-22(21)35-25/h8-14H,4-7,15H2,1-3H3,(H,28,30). The van der Waals surface area contributed by atoms with Crippen LogP contribution in [-0.2, 0) is 32.4 Å². The largest absolute Gasteiger partial charge is 0.465 e. The van der Waals surface area contributed by atoms with Gasteiger partial charge in [0.2, 0.25) is 5.91 Å². The molecule has 3 aromatic rings. The second-order valence-corrected chi connectivity index (χ2v) is 12.1. The fraction of sp³-hybridized carbons (Fsp3) is 0.308. The van der Waals surface area contributed by atoms with E-state index in [1.165, 1.54) is 42.7 Å². The van der Waals surface area contributed by atoms with Gasteiger partial charge in [0.25, 0.3) is 10.0 Å². The number of carbonyl (C=O) groups excluding carboxylic acids is 2. The molecule has 1 amide bonds. The van der Waals surface area contributed by atoms with Crippen molar-refractivity contribution in [2.24, 2.45) is 0 Å². The van der Waals surface area contributed by atoms with Crippen molar-refractivity contribution in [3.8, 4) is 0 Å². The maximum Gasteiger partial charge on any atom is 0.341 e. The summed E-state index contributed by atoms with van der Waals surface area (Å²) in [5, 5.41) is 3.59. The van der Waals surface area contributed by atoms with E-state index in [4.69, 9.17) is 16.3 Å². The smallest absolute Gasteiger partial charge is 0.341 e. The topological polar surface area (TPSA) is 92.8 Å². The highest BCUT2D eigenvalue weighted by Gasteiger charge is 2.30. The fourth-order valence-electron chi connectivity index (χ4n) is 4.20. The molecule has 1 N–H and O–H groups in total. The molecule has 0 fully saturated rings. The summed E-state index contributed by atoms with van der Waals surface area (Å²) in [5.74, 6) is -1.07. The van der Waals surface area contributed by atoms with Crippen LogP contribution in [0.2, 0.25) is 5.02 Å². The average molecular weight is 547 g/mol. The zero-order valence-corrected chi connectivity index (χ0v) is 22.6. The van der Waals surface area contributed by atoms with Gasteiger partial charge in [-0.25, -0.2) is 13.2 Å². The van der Waals surface area contributed by atoms with E-state index in [0.29, 0.717) is 21.3 Å².